The fourth-order valence-corrected chi connectivity index (χ4v) is 3.04. The molecule has 0 aliphatic heterocycles. The SMILES string of the molecule is Cc1ccc(C(CO)C2CC2c2ccccc2)cc1. The van der Waals surface area contributed by atoms with Crippen molar-refractivity contribution in [1.82, 2.24) is 0 Å². The molecule has 0 spiro atoms. The van der Waals surface area contributed by atoms with Gasteiger partial charge in [0.05, 0.1) is 6.61 Å². The van der Waals surface area contributed by atoms with Crippen molar-refractivity contribution in [2.75, 3.05) is 6.61 Å². The summed E-state index contributed by atoms with van der Waals surface area (Å²) in [6.45, 7) is 2.35. The molecular weight excluding hydrogens is 232 g/mol. The fraction of sp³-hybridized carbons (Fsp3) is 0.333. The predicted molar refractivity (Wildman–Crippen MR) is 78.3 cm³/mol. The van der Waals surface area contributed by atoms with Crippen LogP contribution in [-0.4, -0.2) is 11.7 Å². The quantitative estimate of drug-likeness (QED) is 0.875. The molecule has 2 aromatic carbocycles. The highest BCUT2D eigenvalue weighted by atomic mass is 16.3. The Morgan fingerprint density at radius 3 is 2.37 bits per heavy atom. The van der Waals surface area contributed by atoms with Gasteiger partial charge in [0.2, 0.25) is 0 Å². The first kappa shape index (κ1) is 12.4. The van der Waals surface area contributed by atoms with Gasteiger partial charge in [0.25, 0.3) is 0 Å². The minimum absolute atomic E-state index is 0.247. The van der Waals surface area contributed by atoms with E-state index in [2.05, 4.69) is 61.5 Å². The molecule has 3 unspecified atom stereocenters. The third kappa shape index (κ3) is 2.57. The van der Waals surface area contributed by atoms with Crippen LogP contribution in [0.4, 0.5) is 0 Å². The molecule has 1 heteroatoms. The minimum Gasteiger partial charge on any atom is -0.396 e. The van der Waals surface area contributed by atoms with Crippen molar-refractivity contribution in [3.05, 3.63) is 71.3 Å². The van der Waals surface area contributed by atoms with E-state index in [9.17, 15) is 5.11 Å². The van der Waals surface area contributed by atoms with Crippen LogP contribution in [-0.2, 0) is 0 Å². The van der Waals surface area contributed by atoms with E-state index in [-0.39, 0.29) is 12.5 Å². The smallest absolute Gasteiger partial charge is 0.0502 e. The van der Waals surface area contributed by atoms with Gasteiger partial charge in [0, 0.05) is 5.92 Å². The van der Waals surface area contributed by atoms with Crippen molar-refractivity contribution in [3.8, 4) is 0 Å². The normalized spacial score (nSPS) is 23.1. The molecule has 98 valence electrons. The number of aliphatic hydroxyl groups is 1. The molecule has 1 N–H and O–H groups in total. The zero-order valence-electron chi connectivity index (χ0n) is 11.3. The molecule has 2 aromatic rings. The third-order valence-corrected chi connectivity index (χ3v) is 4.29. The second kappa shape index (κ2) is 5.18. The summed E-state index contributed by atoms with van der Waals surface area (Å²) in [5.74, 6) is 1.50. The Kier molecular flexibility index (Phi) is 3.39. The molecule has 1 saturated carbocycles. The van der Waals surface area contributed by atoms with Crippen LogP contribution in [0.15, 0.2) is 54.6 Å². The van der Waals surface area contributed by atoms with Gasteiger partial charge in [-0.3, -0.25) is 0 Å². The number of aryl methyl sites for hydroxylation is 1. The van der Waals surface area contributed by atoms with Crippen LogP contribution in [0.25, 0.3) is 0 Å². The van der Waals surface area contributed by atoms with Crippen molar-refractivity contribution in [2.24, 2.45) is 5.92 Å². The lowest BCUT2D eigenvalue weighted by molar-refractivity contribution is 0.251. The van der Waals surface area contributed by atoms with Crippen molar-refractivity contribution in [3.63, 3.8) is 0 Å². The molecular formula is C18H20O. The molecule has 0 saturated heterocycles. The van der Waals surface area contributed by atoms with E-state index in [1.54, 1.807) is 0 Å². The average molecular weight is 252 g/mol. The van der Waals surface area contributed by atoms with Gasteiger partial charge in [-0.05, 0) is 36.3 Å². The van der Waals surface area contributed by atoms with Gasteiger partial charge >= 0.3 is 0 Å². The highest BCUT2D eigenvalue weighted by Gasteiger charge is 2.43. The molecule has 1 nitrogen and oxygen atoms in total. The second-order valence-electron chi connectivity index (χ2n) is 5.62. The summed E-state index contributed by atoms with van der Waals surface area (Å²) in [5.41, 5.74) is 3.96. The van der Waals surface area contributed by atoms with E-state index in [1.807, 2.05) is 0 Å². The second-order valence-corrected chi connectivity index (χ2v) is 5.62. The predicted octanol–water partition coefficient (Wildman–Crippen LogP) is 3.87. The molecule has 3 rings (SSSR count). The zero-order valence-corrected chi connectivity index (χ0v) is 11.3. The monoisotopic (exact) mass is 252 g/mol. The van der Waals surface area contributed by atoms with Crippen LogP contribution in [0, 0.1) is 12.8 Å². The number of aliphatic hydroxyl groups excluding tert-OH is 1. The first-order valence-electron chi connectivity index (χ1n) is 7.02. The number of hydrogen-bond acceptors (Lipinski definition) is 1. The van der Waals surface area contributed by atoms with Gasteiger partial charge in [-0.15, -0.1) is 0 Å². The van der Waals surface area contributed by atoms with Crippen LogP contribution in [0.1, 0.15) is 34.9 Å². The molecule has 1 fully saturated rings. The van der Waals surface area contributed by atoms with Gasteiger partial charge in [-0.2, -0.15) is 0 Å². The van der Waals surface area contributed by atoms with Crippen molar-refractivity contribution in [1.29, 1.82) is 0 Å². The number of hydrogen-bond donors (Lipinski definition) is 1. The number of rotatable bonds is 4. The Bertz CT molecular complexity index is 529. The Labute approximate surface area is 114 Å². The number of benzene rings is 2. The Balaban J connectivity index is 1.77. The van der Waals surface area contributed by atoms with Gasteiger partial charge in [-0.25, -0.2) is 0 Å². The lowest BCUT2D eigenvalue weighted by Gasteiger charge is -2.15. The fourth-order valence-electron chi connectivity index (χ4n) is 3.04. The van der Waals surface area contributed by atoms with E-state index in [4.69, 9.17) is 0 Å². The maximum Gasteiger partial charge on any atom is 0.0502 e. The average Bonchev–Trinajstić information content (AvgIpc) is 3.23. The van der Waals surface area contributed by atoms with E-state index in [1.165, 1.54) is 23.1 Å². The molecule has 0 heterocycles. The Morgan fingerprint density at radius 1 is 1.05 bits per heavy atom. The summed E-state index contributed by atoms with van der Waals surface area (Å²) in [5, 5.41) is 9.72. The van der Waals surface area contributed by atoms with Crippen molar-refractivity contribution >= 4 is 0 Å². The van der Waals surface area contributed by atoms with Gasteiger partial charge in [0.15, 0.2) is 0 Å². The molecule has 0 amide bonds. The van der Waals surface area contributed by atoms with Crippen LogP contribution < -0.4 is 0 Å². The van der Waals surface area contributed by atoms with Crippen LogP contribution in [0.2, 0.25) is 0 Å². The lowest BCUT2D eigenvalue weighted by Crippen LogP contribution is -2.07. The summed E-state index contributed by atoms with van der Waals surface area (Å²) in [6, 6.07) is 19.3. The van der Waals surface area contributed by atoms with Crippen molar-refractivity contribution < 1.29 is 5.11 Å². The molecule has 3 atom stereocenters. The largest absolute Gasteiger partial charge is 0.396 e. The van der Waals surface area contributed by atoms with E-state index in [0.717, 1.165) is 0 Å². The Hall–Kier alpha value is -1.60. The zero-order chi connectivity index (χ0) is 13.2. The first-order valence-corrected chi connectivity index (χ1v) is 7.02. The van der Waals surface area contributed by atoms with Crippen molar-refractivity contribution in [2.45, 2.75) is 25.2 Å². The van der Waals surface area contributed by atoms with E-state index < -0.39 is 0 Å². The summed E-state index contributed by atoms with van der Waals surface area (Å²) in [6.07, 6.45) is 1.20. The van der Waals surface area contributed by atoms with Gasteiger partial charge in [-0.1, -0.05) is 60.2 Å². The van der Waals surface area contributed by atoms with Crippen LogP contribution >= 0.6 is 0 Å². The molecule has 1 aliphatic rings. The highest BCUT2D eigenvalue weighted by Crippen LogP contribution is 2.54. The molecule has 1 aliphatic carbocycles. The van der Waals surface area contributed by atoms with Gasteiger partial charge < -0.3 is 5.11 Å². The summed E-state index contributed by atoms with van der Waals surface area (Å²) in [4.78, 5) is 0. The van der Waals surface area contributed by atoms with Crippen LogP contribution in [0.3, 0.4) is 0 Å². The standard InChI is InChI=1S/C18H20O/c1-13-7-9-15(10-8-13)18(12-19)17-11-16(17)14-5-3-2-4-6-14/h2-10,16-19H,11-12H2,1H3. The maximum atomic E-state index is 9.72. The lowest BCUT2D eigenvalue weighted by atomic mass is 9.92. The molecule has 0 radical (unpaired) electrons. The minimum atomic E-state index is 0.247. The summed E-state index contributed by atoms with van der Waals surface area (Å²) in [7, 11) is 0. The Morgan fingerprint density at radius 2 is 1.74 bits per heavy atom. The van der Waals surface area contributed by atoms with E-state index in [0.29, 0.717) is 11.8 Å². The van der Waals surface area contributed by atoms with E-state index >= 15 is 0 Å². The molecule has 0 aromatic heterocycles. The van der Waals surface area contributed by atoms with Gasteiger partial charge in [0.1, 0.15) is 0 Å². The first-order chi connectivity index (χ1) is 9.29. The topological polar surface area (TPSA) is 20.2 Å². The molecule has 0 bridgehead atoms. The molecule has 19 heavy (non-hydrogen) atoms. The van der Waals surface area contributed by atoms with Crippen LogP contribution in [0.5, 0.6) is 0 Å². The summed E-state index contributed by atoms with van der Waals surface area (Å²) < 4.78 is 0. The highest BCUT2D eigenvalue weighted by molar-refractivity contribution is 5.32. The maximum absolute atomic E-state index is 9.72. The third-order valence-electron chi connectivity index (χ3n) is 4.29. The summed E-state index contributed by atoms with van der Waals surface area (Å²) >= 11 is 0.